The molecule has 8 heteroatoms. The molecule has 120 valence electrons. The third-order valence-electron chi connectivity index (χ3n) is 4.42. The molecule has 0 bridgehead atoms. The summed E-state index contributed by atoms with van der Waals surface area (Å²) in [5.41, 5.74) is -0.652. The van der Waals surface area contributed by atoms with Gasteiger partial charge in [-0.15, -0.1) is 0 Å². The van der Waals surface area contributed by atoms with Crippen molar-refractivity contribution in [3.05, 3.63) is 29.6 Å². The van der Waals surface area contributed by atoms with E-state index in [4.69, 9.17) is 9.88 Å². The van der Waals surface area contributed by atoms with Gasteiger partial charge in [0.2, 0.25) is 10.0 Å². The molecule has 3 rings (SSSR count). The van der Waals surface area contributed by atoms with Crippen molar-refractivity contribution in [2.24, 2.45) is 5.14 Å². The van der Waals surface area contributed by atoms with Crippen LogP contribution in [0.15, 0.2) is 23.1 Å². The van der Waals surface area contributed by atoms with E-state index in [9.17, 15) is 17.6 Å². The summed E-state index contributed by atoms with van der Waals surface area (Å²) in [5, 5.41) is 5.05. The Balaban J connectivity index is 1.98. The number of nitrogens with two attached hydrogens (primary N) is 1. The van der Waals surface area contributed by atoms with Gasteiger partial charge >= 0.3 is 0 Å². The molecule has 0 radical (unpaired) electrons. The standard InChI is InChI=1S/C14H17FN2O4S/c15-12-3-2-10(22(16,19)20)8-11(12)13(18)17-6-1-4-14(17)5-7-21-9-14/h2-3,8H,1,4-7,9H2,(H2,16,19,20). The summed E-state index contributed by atoms with van der Waals surface area (Å²) in [5.74, 6) is -1.26. The number of carbonyl (C=O) groups excluding carboxylic acids is 1. The van der Waals surface area contributed by atoms with Crippen molar-refractivity contribution < 1.29 is 22.3 Å². The topological polar surface area (TPSA) is 89.7 Å². The lowest BCUT2D eigenvalue weighted by atomic mass is 9.95. The number of sulfonamides is 1. The number of benzene rings is 1. The zero-order chi connectivity index (χ0) is 16.0. The molecule has 0 aromatic heterocycles. The highest BCUT2D eigenvalue weighted by Crippen LogP contribution is 2.37. The average molecular weight is 328 g/mol. The second-order valence-corrected chi connectivity index (χ2v) is 7.34. The normalized spacial score (nSPS) is 25.1. The van der Waals surface area contributed by atoms with Crippen LogP contribution in [0.3, 0.4) is 0 Å². The minimum absolute atomic E-state index is 0.264. The average Bonchev–Trinajstić information content (AvgIpc) is 3.08. The Morgan fingerprint density at radius 2 is 2.14 bits per heavy atom. The van der Waals surface area contributed by atoms with Gasteiger partial charge in [0.1, 0.15) is 5.82 Å². The Bertz CT molecular complexity index is 708. The lowest BCUT2D eigenvalue weighted by Gasteiger charge is -2.33. The van der Waals surface area contributed by atoms with E-state index in [-0.39, 0.29) is 16.0 Å². The predicted octanol–water partition coefficient (Wildman–Crippen LogP) is 0.868. The smallest absolute Gasteiger partial charge is 0.257 e. The third kappa shape index (κ3) is 2.51. The Morgan fingerprint density at radius 3 is 2.77 bits per heavy atom. The van der Waals surface area contributed by atoms with E-state index < -0.39 is 21.7 Å². The molecule has 1 aromatic carbocycles. The van der Waals surface area contributed by atoms with E-state index in [1.54, 1.807) is 4.90 Å². The first-order valence-corrected chi connectivity index (χ1v) is 8.60. The summed E-state index contributed by atoms with van der Waals surface area (Å²) in [6.07, 6.45) is 2.36. The number of nitrogens with zero attached hydrogens (tertiary/aromatic N) is 1. The molecule has 1 aromatic rings. The fourth-order valence-corrected chi connectivity index (χ4v) is 3.79. The zero-order valence-electron chi connectivity index (χ0n) is 11.9. The first-order chi connectivity index (χ1) is 10.3. The molecule has 0 saturated carbocycles. The van der Waals surface area contributed by atoms with Crippen LogP contribution in [0.5, 0.6) is 0 Å². The fraction of sp³-hybridized carbons (Fsp3) is 0.500. The quantitative estimate of drug-likeness (QED) is 0.872. The Hall–Kier alpha value is -1.51. The van der Waals surface area contributed by atoms with Gasteiger partial charge in [0, 0.05) is 13.2 Å². The number of hydrogen-bond donors (Lipinski definition) is 1. The van der Waals surface area contributed by atoms with Gasteiger partial charge in [-0.05, 0) is 37.5 Å². The van der Waals surface area contributed by atoms with Crippen LogP contribution in [0.25, 0.3) is 0 Å². The van der Waals surface area contributed by atoms with E-state index in [0.717, 1.165) is 37.5 Å². The van der Waals surface area contributed by atoms with Crippen LogP contribution < -0.4 is 5.14 Å². The van der Waals surface area contributed by atoms with Crippen LogP contribution in [0, 0.1) is 5.82 Å². The van der Waals surface area contributed by atoms with Crippen molar-refractivity contribution in [3.63, 3.8) is 0 Å². The number of halogens is 1. The van der Waals surface area contributed by atoms with Crippen molar-refractivity contribution in [2.75, 3.05) is 19.8 Å². The summed E-state index contributed by atoms with van der Waals surface area (Å²) < 4.78 is 42.2. The minimum atomic E-state index is -3.99. The number of carbonyl (C=O) groups is 1. The fourth-order valence-electron chi connectivity index (χ4n) is 3.25. The first kappa shape index (κ1) is 15.4. The number of hydrogen-bond acceptors (Lipinski definition) is 4. The highest BCUT2D eigenvalue weighted by molar-refractivity contribution is 7.89. The number of likely N-dealkylation sites (tertiary alicyclic amines) is 1. The Labute approximate surface area is 128 Å². The van der Waals surface area contributed by atoms with E-state index in [1.165, 1.54) is 0 Å². The van der Waals surface area contributed by atoms with Crippen LogP contribution in [0.2, 0.25) is 0 Å². The van der Waals surface area contributed by atoms with Gasteiger partial charge in [-0.3, -0.25) is 4.79 Å². The van der Waals surface area contributed by atoms with Crippen molar-refractivity contribution in [3.8, 4) is 0 Å². The van der Waals surface area contributed by atoms with E-state index in [0.29, 0.717) is 19.8 Å². The molecular formula is C14H17FN2O4S. The first-order valence-electron chi connectivity index (χ1n) is 7.06. The molecule has 1 spiro atoms. The molecule has 22 heavy (non-hydrogen) atoms. The molecule has 2 fully saturated rings. The summed E-state index contributed by atoms with van der Waals surface area (Å²) in [7, 11) is -3.99. The highest BCUT2D eigenvalue weighted by atomic mass is 32.2. The molecule has 2 saturated heterocycles. The highest BCUT2D eigenvalue weighted by Gasteiger charge is 2.46. The number of rotatable bonds is 2. The lowest BCUT2D eigenvalue weighted by molar-refractivity contribution is 0.0545. The Kier molecular flexibility index (Phi) is 3.70. The lowest BCUT2D eigenvalue weighted by Crippen LogP contribution is -2.48. The number of primary sulfonamides is 1. The van der Waals surface area contributed by atoms with E-state index >= 15 is 0 Å². The monoisotopic (exact) mass is 328 g/mol. The van der Waals surface area contributed by atoms with Gasteiger partial charge in [-0.25, -0.2) is 17.9 Å². The van der Waals surface area contributed by atoms with E-state index in [2.05, 4.69) is 0 Å². The molecule has 2 aliphatic rings. The molecule has 6 nitrogen and oxygen atoms in total. The molecule has 2 heterocycles. The van der Waals surface area contributed by atoms with E-state index in [1.807, 2.05) is 0 Å². The second-order valence-electron chi connectivity index (χ2n) is 5.77. The summed E-state index contributed by atoms with van der Waals surface area (Å²) >= 11 is 0. The number of amides is 1. The summed E-state index contributed by atoms with van der Waals surface area (Å²) in [4.78, 5) is 14.0. The maximum atomic E-state index is 14.0. The summed E-state index contributed by atoms with van der Waals surface area (Å²) in [6, 6.07) is 3.02. The van der Waals surface area contributed by atoms with Gasteiger partial charge in [-0.2, -0.15) is 0 Å². The van der Waals surface area contributed by atoms with Gasteiger partial charge in [0.25, 0.3) is 5.91 Å². The molecule has 0 aliphatic carbocycles. The van der Waals surface area contributed by atoms with Gasteiger partial charge in [-0.1, -0.05) is 0 Å². The molecule has 1 amide bonds. The molecule has 2 N–H and O–H groups in total. The Morgan fingerprint density at radius 1 is 1.36 bits per heavy atom. The zero-order valence-corrected chi connectivity index (χ0v) is 12.7. The second kappa shape index (κ2) is 5.29. The van der Waals surface area contributed by atoms with Crippen LogP contribution in [0.1, 0.15) is 29.6 Å². The van der Waals surface area contributed by atoms with Crippen molar-refractivity contribution >= 4 is 15.9 Å². The molecule has 1 atom stereocenters. The summed E-state index contributed by atoms with van der Waals surface area (Å²) in [6.45, 7) is 1.53. The molecular weight excluding hydrogens is 311 g/mol. The minimum Gasteiger partial charge on any atom is -0.379 e. The SMILES string of the molecule is NS(=O)(=O)c1ccc(F)c(C(=O)N2CCCC23CCOC3)c1. The van der Waals surface area contributed by atoms with Crippen LogP contribution >= 0.6 is 0 Å². The third-order valence-corrected chi connectivity index (χ3v) is 5.33. The predicted molar refractivity (Wildman–Crippen MR) is 76.2 cm³/mol. The van der Waals surface area contributed by atoms with Gasteiger partial charge in [0.15, 0.2) is 0 Å². The maximum absolute atomic E-state index is 14.0. The molecule has 2 aliphatic heterocycles. The van der Waals surface area contributed by atoms with Crippen molar-refractivity contribution in [2.45, 2.75) is 29.7 Å². The van der Waals surface area contributed by atoms with Crippen LogP contribution in [-0.2, 0) is 14.8 Å². The van der Waals surface area contributed by atoms with Crippen molar-refractivity contribution in [1.29, 1.82) is 0 Å². The van der Waals surface area contributed by atoms with Gasteiger partial charge in [0.05, 0.1) is 22.6 Å². The van der Waals surface area contributed by atoms with Crippen LogP contribution in [-0.4, -0.2) is 44.5 Å². The van der Waals surface area contributed by atoms with Crippen LogP contribution in [0.4, 0.5) is 4.39 Å². The largest absolute Gasteiger partial charge is 0.379 e. The maximum Gasteiger partial charge on any atom is 0.257 e. The number of ether oxygens (including phenoxy) is 1. The van der Waals surface area contributed by atoms with Gasteiger partial charge < -0.3 is 9.64 Å². The van der Waals surface area contributed by atoms with Crippen molar-refractivity contribution in [1.82, 2.24) is 4.90 Å². The molecule has 1 unspecified atom stereocenters.